The summed E-state index contributed by atoms with van der Waals surface area (Å²) in [6, 6.07) is 1.86. The molecule has 0 spiro atoms. The lowest BCUT2D eigenvalue weighted by atomic mass is 10.4. The molecular formula is C14H26Cl2IN5. The highest BCUT2D eigenvalue weighted by Gasteiger charge is 2.09. The second-order valence-corrected chi connectivity index (χ2v) is 5.48. The maximum atomic E-state index is 6.05. The van der Waals surface area contributed by atoms with Crippen molar-refractivity contribution in [2.75, 3.05) is 33.2 Å². The molecule has 0 aliphatic heterocycles. The van der Waals surface area contributed by atoms with Crippen molar-refractivity contribution >= 4 is 53.1 Å². The summed E-state index contributed by atoms with van der Waals surface area (Å²) < 4.78 is 1.86. The number of hydrogen-bond donors (Lipinski definition) is 2. The standard InChI is InChI=1S/C14H25Cl2N5.HI/c1-5-21(6-2)8-7-18-14(17-3)19-10-11-9-12(15)13(16)20(11)4;/h9H,5-8,10H2,1-4H3,(H2,17,18,19);1H. The molecule has 0 bridgehead atoms. The van der Waals surface area contributed by atoms with Gasteiger partial charge in [-0.2, -0.15) is 0 Å². The number of aromatic nitrogens is 1. The first kappa shape index (κ1) is 21.8. The van der Waals surface area contributed by atoms with Crippen LogP contribution >= 0.6 is 47.2 Å². The van der Waals surface area contributed by atoms with Crippen LogP contribution < -0.4 is 10.6 Å². The summed E-state index contributed by atoms with van der Waals surface area (Å²) in [7, 11) is 3.65. The van der Waals surface area contributed by atoms with Gasteiger partial charge < -0.3 is 20.1 Å². The Bertz CT molecular complexity index is 472. The van der Waals surface area contributed by atoms with E-state index in [4.69, 9.17) is 23.2 Å². The third-order valence-electron chi connectivity index (χ3n) is 3.49. The van der Waals surface area contributed by atoms with E-state index in [1.165, 1.54) is 0 Å². The van der Waals surface area contributed by atoms with E-state index in [1.54, 1.807) is 7.05 Å². The second-order valence-electron chi connectivity index (χ2n) is 4.71. The number of halogens is 3. The largest absolute Gasteiger partial charge is 0.355 e. The molecule has 128 valence electrons. The molecule has 5 nitrogen and oxygen atoms in total. The van der Waals surface area contributed by atoms with Gasteiger partial charge in [-0.3, -0.25) is 4.99 Å². The molecule has 1 heterocycles. The molecule has 0 atom stereocenters. The molecule has 2 N–H and O–H groups in total. The zero-order chi connectivity index (χ0) is 15.8. The SMILES string of the molecule is CCN(CC)CCNC(=NC)NCc1cc(Cl)c(Cl)n1C.I. The van der Waals surface area contributed by atoms with E-state index >= 15 is 0 Å². The normalized spacial score (nSPS) is 11.5. The van der Waals surface area contributed by atoms with Crippen LogP contribution in [0.4, 0.5) is 0 Å². The van der Waals surface area contributed by atoms with Crippen molar-refractivity contribution in [3.8, 4) is 0 Å². The molecule has 0 fully saturated rings. The van der Waals surface area contributed by atoms with Gasteiger partial charge in [-0.1, -0.05) is 37.0 Å². The number of hydrogen-bond acceptors (Lipinski definition) is 2. The van der Waals surface area contributed by atoms with Crippen molar-refractivity contribution < 1.29 is 0 Å². The van der Waals surface area contributed by atoms with E-state index in [1.807, 2.05) is 17.7 Å². The van der Waals surface area contributed by atoms with Crippen LogP contribution in [0.1, 0.15) is 19.5 Å². The third-order valence-corrected chi connectivity index (χ3v) is 4.33. The van der Waals surface area contributed by atoms with Gasteiger partial charge in [0.2, 0.25) is 0 Å². The van der Waals surface area contributed by atoms with E-state index in [9.17, 15) is 0 Å². The first-order chi connectivity index (χ1) is 10.0. The fourth-order valence-corrected chi connectivity index (χ4v) is 2.44. The Hall–Kier alpha value is -0.180. The lowest BCUT2D eigenvalue weighted by molar-refractivity contribution is 0.308. The van der Waals surface area contributed by atoms with E-state index in [2.05, 4.69) is 34.4 Å². The number of rotatable bonds is 7. The van der Waals surface area contributed by atoms with Crippen LogP contribution in [0.25, 0.3) is 0 Å². The Kier molecular flexibility index (Phi) is 11.3. The molecule has 0 saturated carbocycles. The first-order valence-electron chi connectivity index (χ1n) is 7.19. The topological polar surface area (TPSA) is 44.6 Å². The summed E-state index contributed by atoms with van der Waals surface area (Å²) in [6.45, 7) is 8.92. The Balaban J connectivity index is 0.00000441. The Morgan fingerprint density at radius 3 is 2.36 bits per heavy atom. The minimum atomic E-state index is 0. The summed E-state index contributed by atoms with van der Waals surface area (Å²) >= 11 is 12.1. The molecule has 0 unspecified atom stereocenters. The molecular weight excluding hydrogens is 436 g/mol. The molecule has 1 rings (SSSR count). The molecule has 0 aliphatic carbocycles. The van der Waals surface area contributed by atoms with Crippen molar-refractivity contribution in [1.82, 2.24) is 20.1 Å². The number of nitrogens with one attached hydrogen (secondary N) is 2. The number of guanidine groups is 1. The second kappa shape index (κ2) is 11.4. The fraction of sp³-hybridized carbons (Fsp3) is 0.643. The van der Waals surface area contributed by atoms with Gasteiger partial charge in [0.1, 0.15) is 5.15 Å². The smallest absolute Gasteiger partial charge is 0.191 e. The molecule has 0 saturated heterocycles. The first-order valence-corrected chi connectivity index (χ1v) is 7.95. The average molecular weight is 462 g/mol. The van der Waals surface area contributed by atoms with E-state index in [0.717, 1.165) is 37.8 Å². The molecule has 0 amide bonds. The summed E-state index contributed by atoms with van der Waals surface area (Å²) in [6.07, 6.45) is 0. The molecule has 1 aromatic heterocycles. The van der Waals surface area contributed by atoms with Crippen molar-refractivity contribution in [2.24, 2.45) is 12.0 Å². The van der Waals surface area contributed by atoms with Gasteiger partial charge in [-0.15, -0.1) is 24.0 Å². The van der Waals surface area contributed by atoms with E-state index in [-0.39, 0.29) is 24.0 Å². The number of likely N-dealkylation sites (N-methyl/N-ethyl adjacent to an activating group) is 1. The monoisotopic (exact) mass is 461 g/mol. The van der Waals surface area contributed by atoms with Crippen LogP contribution in [0.3, 0.4) is 0 Å². The Morgan fingerprint density at radius 2 is 1.91 bits per heavy atom. The van der Waals surface area contributed by atoms with Crippen LogP contribution in [-0.2, 0) is 13.6 Å². The summed E-state index contributed by atoms with van der Waals surface area (Å²) in [5.41, 5.74) is 1.01. The van der Waals surface area contributed by atoms with Crippen molar-refractivity contribution in [3.63, 3.8) is 0 Å². The maximum Gasteiger partial charge on any atom is 0.191 e. The maximum absolute atomic E-state index is 6.05. The minimum Gasteiger partial charge on any atom is -0.355 e. The van der Waals surface area contributed by atoms with Gasteiger partial charge >= 0.3 is 0 Å². The molecule has 0 aliphatic rings. The lowest BCUT2D eigenvalue weighted by Gasteiger charge is -2.19. The Morgan fingerprint density at radius 1 is 1.27 bits per heavy atom. The summed E-state index contributed by atoms with van der Waals surface area (Å²) in [5, 5.41) is 7.68. The average Bonchev–Trinajstić information content (AvgIpc) is 2.74. The molecule has 0 radical (unpaired) electrons. The van der Waals surface area contributed by atoms with Gasteiger partial charge in [0.05, 0.1) is 11.6 Å². The third kappa shape index (κ3) is 6.52. The van der Waals surface area contributed by atoms with Crippen LogP contribution in [0, 0.1) is 0 Å². The lowest BCUT2D eigenvalue weighted by Crippen LogP contribution is -2.41. The predicted octanol–water partition coefficient (Wildman–Crippen LogP) is 2.96. The van der Waals surface area contributed by atoms with Crippen molar-refractivity contribution in [2.45, 2.75) is 20.4 Å². The molecule has 1 aromatic rings. The van der Waals surface area contributed by atoms with E-state index < -0.39 is 0 Å². The quantitative estimate of drug-likeness (QED) is 0.372. The highest BCUT2D eigenvalue weighted by Crippen LogP contribution is 2.24. The summed E-state index contributed by atoms with van der Waals surface area (Å²) in [5.74, 6) is 0.774. The van der Waals surface area contributed by atoms with Gasteiger partial charge in [0.15, 0.2) is 5.96 Å². The minimum absolute atomic E-state index is 0. The predicted molar refractivity (Wildman–Crippen MR) is 107 cm³/mol. The van der Waals surface area contributed by atoms with Crippen LogP contribution in [-0.4, -0.2) is 48.7 Å². The summed E-state index contributed by atoms with van der Waals surface area (Å²) in [4.78, 5) is 6.57. The van der Waals surface area contributed by atoms with Crippen molar-refractivity contribution in [1.29, 1.82) is 0 Å². The van der Waals surface area contributed by atoms with Gasteiger partial charge in [-0.25, -0.2) is 0 Å². The van der Waals surface area contributed by atoms with Crippen molar-refractivity contribution in [3.05, 3.63) is 21.9 Å². The van der Waals surface area contributed by atoms with Gasteiger partial charge in [0.25, 0.3) is 0 Å². The van der Waals surface area contributed by atoms with Crippen LogP contribution in [0.2, 0.25) is 10.2 Å². The van der Waals surface area contributed by atoms with Gasteiger partial charge in [-0.05, 0) is 19.2 Å². The zero-order valence-corrected chi connectivity index (χ0v) is 17.5. The number of aliphatic imine (C=N–C) groups is 1. The van der Waals surface area contributed by atoms with Gasteiger partial charge in [0, 0.05) is 32.9 Å². The molecule has 0 aromatic carbocycles. The molecule has 8 heteroatoms. The molecule has 22 heavy (non-hydrogen) atoms. The zero-order valence-electron chi connectivity index (χ0n) is 13.6. The fourth-order valence-electron chi connectivity index (χ4n) is 2.03. The number of nitrogens with zero attached hydrogens (tertiary/aromatic N) is 3. The van der Waals surface area contributed by atoms with E-state index in [0.29, 0.717) is 16.7 Å². The van der Waals surface area contributed by atoms with Crippen LogP contribution in [0.15, 0.2) is 11.1 Å². The highest BCUT2D eigenvalue weighted by atomic mass is 127. The highest BCUT2D eigenvalue weighted by molar-refractivity contribution is 14.0. The van der Waals surface area contributed by atoms with Crippen LogP contribution in [0.5, 0.6) is 0 Å². The Labute approximate surface area is 160 Å².